The monoisotopic (exact) mass is 376 g/mol. The second-order valence-corrected chi connectivity index (χ2v) is 6.82. The van der Waals surface area contributed by atoms with Gasteiger partial charge in [0.25, 0.3) is 0 Å². The highest BCUT2D eigenvalue weighted by molar-refractivity contribution is 5.76. The zero-order valence-corrected chi connectivity index (χ0v) is 16.1. The lowest BCUT2D eigenvalue weighted by molar-refractivity contribution is -0.136. The molecule has 4 nitrogen and oxygen atoms in total. The normalized spacial score (nSPS) is 10.7. The third-order valence-corrected chi connectivity index (χ3v) is 4.84. The Hall–Kier alpha value is -3.11. The highest BCUT2D eigenvalue weighted by Crippen LogP contribution is 2.33. The van der Waals surface area contributed by atoms with Crippen LogP contribution in [0.2, 0.25) is 0 Å². The summed E-state index contributed by atoms with van der Waals surface area (Å²) >= 11 is 0. The molecular weight excluding hydrogens is 352 g/mol. The van der Waals surface area contributed by atoms with Gasteiger partial charge in [0.2, 0.25) is 0 Å². The van der Waals surface area contributed by atoms with E-state index in [1.54, 1.807) is 7.11 Å². The van der Waals surface area contributed by atoms with Crippen LogP contribution in [0.25, 0.3) is 22.3 Å². The van der Waals surface area contributed by atoms with Gasteiger partial charge in [-0.1, -0.05) is 48.0 Å². The minimum Gasteiger partial charge on any atom is -0.497 e. The van der Waals surface area contributed by atoms with Gasteiger partial charge in [0.1, 0.15) is 5.75 Å². The molecule has 0 radical (unpaired) electrons. The lowest BCUT2D eigenvalue weighted by atomic mass is 9.91. The first-order valence-electron chi connectivity index (χ1n) is 9.21. The molecular formula is C24H24O4. The van der Waals surface area contributed by atoms with E-state index in [0.29, 0.717) is 12.2 Å². The molecule has 3 aromatic rings. The molecule has 0 unspecified atom stereocenters. The Morgan fingerprint density at radius 2 is 1.64 bits per heavy atom. The highest BCUT2D eigenvalue weighted by atomic mass is 16.5. The standard InChI is InChI=1S/C24H24O4/c1-16-4-3-5-17(12-16)23-9-6-18(13-20(23)15-25)22-10-8-21(28-2)14-19(22)7-11-24(26)27/h3-6,8-10,12-14,25H,7,11,15H2,1-2H3,(H,26,27). The van der Waals surface area contributed by atoms with Gasteiger partial charge in [-0.2, -0.15) is 0 Å². The van der Waals surface area contributed by atoms with Crippen LogP contribution in [-0.2, 0) is 17.8 Å². The van der Waals surface area contributed by atoms with E-state index in [0.717, 1.165) is 38.9 Å². The number of carbonyl (C=O) groups is 1. The minimum atomic E-state index is -0.834. The van der Waals surface area contributed by atoms with Crippen molar-refractivity contribution in [1.29, 1.82) is 0 Å². The number of methoxy groups -OCH3 is 1. The van der Waals surface area contributed by atoms with Crippen LogP contribution in [0.15, 0.2) is 60.7 Å². The number of carboxylic acid groups (broad SMARTS) is 1. The van der Waals surface area contributed by atoms with Crippen LogP contribution in [0.4, 0.5) is 0 Å². The molecule has 0 aliphatic rings. The van der Waals surface area contributed by atoms with E-state index >= 15 is 0 Å². The summed E-state index contributed by atoms with van der Waals surface area (Å²) in [6.07, 6.45) is 0.463. The summed E-state index contributed by atoms with van der Waals surface area (Å²) in [6.45, 7) is 1.97. The maximum Gasteiger partial charge on any atom is 0.303 e. The summed E-state index contributed by atoms with van der Waals surface area (Å²) in [6, 6.07) is 19.9. The van der Waals surface area contributed by atoms with E-state index in [9.17, 15) is 9.90 Å². The quantitative estimate of drug-likeness (QED) is 0.619. The Morgan fingerprint density at radius 3 is 2.32 bits per heavy atom. The first kappa shape index (κ1) is 19.6. The molecule has 0 saturated carbocycles. The van der Waals surface area contributed by atoms with Crippen molar-refractivity contribution in [3.05, 3.63) is 77.4 Å². The van der Waals surface area contributed by atoms with Crippen molar-refractivity contribution in [2.75, 3.05) is 7.11 Å². The Balaban J connectivity index is 2.05. The zero-order chi connectivity index (χ0) is 20.1. The third kappa shape index (κ3) is 4.41. The summed E-state index contributed by atoms with van der Waals surface area (Å²) in [5.41, 5.74) is 6.87. The first-order valence-corrected chi connectivity index (χ1v) is 9.21. The van der Waals surface area contributed by atoms with Crippen LogP contribution in [0, 0.1) is 6.92 Å². The molecule has 3 rings (SSSR count). The van der Waals surface area contributed by atoms with Crippen molar-refractivity contribution in [3.8, 4) is 28.0 Å². The van der Waals surface area contributed by atoms with E-state index in [1.807, 2.05) is 61.5 Å². The van der Waals surface area contributed by atoms with E-state index in [-0.39, 0.29) is 13.0 Å². The maximum atomic E-state index is 11.0. The molecule has 0 fully saturated rings. The molecule has 28 heavy (non-hydrogen) atoms. The Labute approximate surface area is 165 Å². The van der Waals surface area contributed by atoms with E-state index < -0.39 is 5.97 Å². The molecule has 0 bridgehead atoms. The molecule has 0 aromatic heterocycles. The van der Waals surface area contributed by atoms with Gasteiger partial charge in [0.15, 0.2) is 0 Å². The lowest BCUT2D eigenvalue weighted by Crippen LogP contribution is -2.00. The molecule has 144 valence electrons. The summed E-state index contributed by atoms with van der Waals surface area (Å²) in [4.78, 5) is 11.0. The number of rotatable bonds is 7. The molecule has 0 aliphatic heterocycles. The minimum absolute atomic E-state index is 0.0500. The summed E-state index contributed by atoms with van der Waals surface area (Å²) < 4.78 is 5.30. The second kappa shape index (κ2) is 8.72. The average Bonchev–Trinajstić information content (AvgIpc) is 2.71. The SMILES string of the molecule is COc1ccc(-c2ccc(-c3cccc(C)c3)c(CO)c2)c(CCC(=O)O)c1. The van der Waals surface area contributed by atoms with Gasteiger partial charge in [-0.25, -0.2) is 0 Å². The van der Waals surface area contributed by atoms with Gasteiger partial charge in [-0.3, -0.25) is 4.79 Å². The number of aryl methyl sites for hydroxylation is 2. The summed E-state index contributed by atoms with van der Waals surface area (Å²) in [5.74, 6) is -0.137. The van der Waals surface area contributed by atoms with E-state index in [4.69, 9.17) is 9.84 Å². The topological polar surface area (TPSA) is 66.8 Å². The van der Waals surface area contributed by atoms with Gasteiger partial charge >= 0.3 is 5.97 Å². The fraction of sp³-hybridized carbons (Fsp3) is 0.208. The Bertz CT molecular complexity index is 992. The maximum absolute atomic E-state index is 11.0. The fourth-order valence-corrected chi connectivity index (χ4v) is 3.41. The molecule has 0 aliphatic carbocycles. The van der Waals surface area contributed by atoms with Crippen molar-refractivity contribution < 1.29 is 19.7 Å². The summed E-state index contributed by atoms with van der Waals surface area (Å²) in [5, 5.41) is 19.0. The van der Waals surface area contributed by atoms with Gasteiger partial charge in [-0.05, 0) is 64.9 Å². The number of aliphatic hydroxyl groups is 1. The largest absolute Gasteiger partial charge is 0.497 e. The number of carboxylic acids is 1. The molecule has 0 atom stereocenters. The van der Waals surface area contributed by atoms with Crippen molar-refractivity contribution in [3.63, 3.8) is 0 Å². The Kier molecular flexibility index (Phi) is 6.12. The zero-order valence-electron chi connectivity index (χ0n) is 16.1. The van der Waals surface area contributed by atoms with Crippen molar-refractivity contribution in [1.82, 2.24) is 0 Å². The number of hydrogen-bond acceptors (Lipinski definition) is 3. The molecule has 0 spiro atoms. The summed E-state index contributed by atoms with van der Waals surface area (Å²) in [7, 11) is 1.59. The predicted octanol–water partition coefficient (Wildman–Crippen LogP) is 4.85. The molecule has 0 heterocycles. The number of ether oxygens (including phenoxy) is 1. The molecule has 3 aromatic carbocycles. The van der Waals surface area contributed by atoms with Crippen molar-refractivity contribution in [2.24, 2.45) is 0 Å². The molecule has 2 N–H and O–H groups in total. The van der Waals surface area contributed by atoms with Gasteiger partial charge in [0.05, 0.1) is 13.7 Å². The van der Waals surface area contributed by atoms with E-state index in [2.05, 4.69) is 6.07 Å². The molecule has 0 amide bonds. The van der Waals surface area contributed by atoms with Gasteiger partial charge in [-0.15, -0.1) is 0 Å². The van der Waals surface area contributed by atoms with Crippen LogP contribution in [0.3, 0.4) is 0 Å². The number of aliphatic hydroxyl groups excluding tert-OH is 1. The number of hydrogen-bond donors (Lipinski definition) is 2. The average molecular weight is 376 g/mol. The number of benzene rings is 3. The van der Waals surface area contributed by atoms with E-state index in [1.165, 1.54) is 0 Å². The van der Waals surface area contributed by atoms with Crippen LogP contribution in [-0.4, -0.2) is 23.3 Å². The highest BCUT2D eigenvalue weighted by Gasteiger charge is 2.12. The molecule has 0 saturated heterocycles. The first-order chi connectivity index (χ1) is 13.5. The lowest BCUT2D eigenvalue weighted by Gasteiger charge is -2.15. The number of aliphatic carboxylic acids is 1. The van der Waals surface area contributed by atoms with Crippen molar-refractivity contribution >= 4 is 5.97 Å². The fourth-order valence-electron chi connectivity index (χ4n) is 3.41. The third-order valence-electron chi connectivity index (χ3n) is 4.84. The van der Waals surface area contributed by atoms with Crippen LogP contribution >= 0.6 is 0 Å². The van der Waals surface area contributed by atoms with Gasteiger partial charge in [0, 0.05) is 6.42 Å². The predicted molar refractivity (Wildman–Crippen MR) is 110 cm³/mol. The van der Waals surface area contributed by atoms with Crippen molar-refractivity contribution in [2.45, 2.75) is 26.4 Å². The second-order valence-electron chi connectivity index (χ2n) is 6.82. The van der Waals surface area contributed by atoms with Crippen LogP contribution in [0.1, 0.15) is 23.1 Å². The van der Waals surface area contributed by atoms with Crippen LogP contribution in [0.5, 0.6) is 5.75 Å². The van der Waals surface area contributed by atoms with Gasteiger partial charge < -0.3 is 14.9 Å². The van der Waals surface area contributed by atoms with Crippen LogP contribution < -0.4 is 4.74 Å². The Morgan fingerprint density at radius 1 is 0.929 bits per heavy atom. The molecule has 4 heteroatoms. The smallest absolute Gasteiger partial charge is 0.303 e.